The van der Waals surface area contributed by atoms with Crippen LogP contribution in [-0.2, 0) is 4.74 Å². The van der Waals surface area contributed by atoms with Gasteiger partial charge in [0.25, 0.3) is 5.91 Å². The van der Waals surface area contributed by atoms with Crippen LogP contribution < -0.4 is 0 Å². The molecule has 1 fully saturated rings. The largest absolute Gasteiger partial charge is 0.370 e. The second-order valence-corrected chi connectivity index (χ2v) is 6.08. The number of ether oxygens (including phenoxy) is 1. The minimum Gasteiger partial charge on any atom is -0.370 e. The van der Waals surface area contributed by atoms with Crippen molar-refractivity contribution in [3.8, 4) is 0 Å². The monoisotopic (exact) mass is 345 g/mol. The molecular weight excluding hydrogens is 330 g/mol. The summed E-state index contributed by atoms with van der Waals surface area (Å²) in [5, 5.41) is 0. The molecule has 2 unspecified atom stereocenters. The zero-order valence-electron chi connectivity index (χ0n) is 11.0. The summed E-state index contributed by atoms with van der Waals surface area (Å²) < 4.78 is 6.50. The maximum atomic E-state index is 12.5. The topological polar surface area (TPSA) is 29.5 Å². The molecule has 2 rings (SSSR count). The Bertz CT molecular complexity index is 481. The lowest BCUT2D eigenvalue weighted by atomic mass is 10.1. The van der Waals surface area contributed by atoms with Gasteiger partial charge < -0.3 is 9.64 Å². The van der Waals surface area contributed by atoms with E-state index >= 15 is 0 Å². The molecule has 1 heterocycles. The van der Waals surface area contributed by atoms with Crippen molar-refractivity contribution in [2.24, 2.45) is 0 Å². The number of alkyl halides is 1. The Morgan fingerprint density at radius 2 is 2.26 bits per heavy atom. The van der Waals surface area contributed by atoms with Gasteiger partial charge in [-0.3, -0.25) is 4.79 Å². The van der Waals surface area contributed by atoms with Crippen molar-refractivity contribution in [1.82, 2.24) is 4.90 Å². The van der Waals surface area contributed by atoms with Gasteiger partial charge in [-0.05, 0) is 47.5 Å². The fraction of sp³-hybridized carbons (Fsp3) is 0.500. The number of halogens is 2. The fourth-order valence-electron chi connectivity index (χ4n) is 2.26. The maximum Gasteiger partial charge on any atom is 0.255 e. The average Bonchev–Trinajstić information content (AvgIpc) is 2.37. The van der Waals surface area contributed by atoms with Gasteiger partial charge in [0.1, 0.15) is 0 Å². The van der Waals surface area contributed by atoms with E-state index in [9.17, 15) is 4.79 Å². The number of aryl methyl sites for hydroxylation is 1. The Balaban J connectivity index is 2.18. The van der Waals surface area contributed by atoms with Crippen molar-refractivity contribution in [1.29, 1.82) is 0 Å². The summed E-state index contributed by atoms with van der Waals surface area (Å²) in [4.78, 5) is 14.4. The molecule has 0 aliphatic carbocycles. The summed E-state index contributed by atoms with van der Waals surface area (Å²) in [6, 6.07) is 5.76. The van der Waals surface area contributed by atoms with Gasteiger partial charge in [-0.15, -0.1) is 11.6 Å². The lowest BCUT2D eigenvalue weighted by Gasteiger charge is -2.36. The zero-order chi connectivity index (χ0) is 14.0. The Morgan fingerprint density at radius 3 is 2.89 bits per heavy atom. The van der Waals surface area contributed by atoms with E-state index in [0.29, 0.717) is 24.5 Å². The van der Waals surface area contributed by atoms with Crippen LogP contribution >= 0.6 is 27.5 Å². The van der Waals surface area contributed by atoms with Gasteiger partial charge in [-0.2, -0.15) is 0 Å². The summed E-state index contributed by atoms with van der Waals surface area (Å²) in [6.07, 6.45) is -0.0655. The van der Waals surface area contributed by atoms with Gasteiger partial charge in [0.2, 0.25) is 0 Å². The highest BCUT2D eigenvalue weighted by atomic mass is 79.9. The molecule has 0 saturated carbocycles. The molecule has 1 aliphatic rings. The number of hydrogen-bond acceptors (Lipinski definition) is 2. The summed E-state index contributed by atoms with van der Waals surface area (Å²) in [6.45, 7) is 5.11. The van der Waals surface area contributed by atoms with Crippen molar-refractivity contribution in [2.45, 2.75) is 26.1 Å². The van der Waals surface area contributed by atoms with Crippen molar-refractivity contribution in [3.63, 3.8) is 0 Å². The van der Waals surface area contributed by atoms with Crippen molar-refractivity contribution in [2.75, 3.05) is 19.0 Å². The molecule has 2 atom stereocenters. The van der Waals surface area contributed by atoms with E-state index in [0.717, 1.165) is 10.0 Å². The first-order chi connectivity index (χ1) is 9.01. The van der Waals surface area contributed by atoms with Crippen molar-refractivity contribution >= 4 is 33.4 Å². The molecule has 0 N–H and O–H groups in total. The SMILES string of the molecule is Cc1ccc(C(=O)N2CC(C)OC(CCl)C2)c(Br)c1. The van der Waals surface area contributed by atoms with Gasteiger partial charge in [0.05, 0.1) is 23.7 Å². The Kier molecular flexibility index (Phi) is 4.87. The second kappa shape index (κ2) is 6.25. The van der Waals surface area contributed by atoms with Crippen LogP contribution in [0.5, 0.6) is 0 Å². The van der Waals surface area contributed by atoms with E-state index in [1.165, 1.54) is 0 Å². The molecule has 0 aromatic heterocycles. The lowest BCUT2D eigenvalue weighted by molar-refractivity contribution is -0.0570. The maximum absolute atomic E-state index is 12.5. The third kappa shape index (κ3) is 3.50. The lowest BCUT2D eigenvalue weighted by Crippen LogP contribution is -2.49. The molecule has 1 amide bonds. The first-order valence-corrected chi connectivity index (χ1v) is 7.61. The molecule has 1 aliphatic heterocycles. The van der Waals surface area contributed by atoms with E-state index < -0.39 is 0 Å². The summed E-state index contributed by atoms with van der Waals surface area (Å²) in [7, 11) is 0. The fourth-order valence-corrected chi connectivity index (χ4v) is 3.09. The van der Waals surface area contributed by atoms with Crippen LogP contribution in [0.2, 0.25) is 0 Å². The van der Waals surface area contributed by atoms with Crippen LogP contribution in [0.4, 0.5) is 0 Å². The van der Waals surface area contributed by atoms with Gasteiger partial charge >= 0.3 is 0 Å². The highest BCUT2D eigenvalue weighted by Crippen LogP contribution is 2.22. The van der Waals surface area contributed by atoms with Gasteiger partial charge in [0, 0.05) is 17.6 Å². The standard InChI is InChI=1S/C14H17BrClNO2/c1-9-3-4-12(13(15)5-9)14(18)17-7-10(2)19-11(6-16)8-17/h3-5,10-11H,6-8H2,1-2H3. The van der Waals surface area contributed by atoms with Crippen molar-refractivity contribution in [3.05, 3.63) is 33.8 Å². The average molecular weight is 347 g/mol. The molecule has 1 aromatic carbocycles. The number of benzene rings is 1. The third-order valence-electron chi connectivity index (χ3n) is 3.14. The summed E-state index contributed by atoms with van der Waals surface area (Å²) in [5.74, 6) is 0.431. The zero-order valence-corrected chi connectivity index (χ0v) is 13.4. The van der Waals surface area contributed by atoms with E-state index in [4.69, 9.17) is 16.3 Å². The number of nitrogens with zero attached hydrogens (tertiary/aromatic N) is 1. The Labute approximate surface area is 127 Å². The quantitative estimate of drug-likeness (QED) is 0.770. The van der Waals surface area contributed by atoms with Crippen molar-refractivity contribution < 1.29 is 9.53 Å². The molecule has 0 radical (unpaired) electrons. The first-order valence-electron chi connectivity index (χ1n) is 6.28. The predicted molar refractivity (Wildman–Crippen MR) is 79.8 cm³/mol. The number of rotatable bonds is 2. The first kappa shape index (κ1) is 14.8. The number of carbonyl (C=O) groups is 1. The highest BCUT2D eigenvalue weighted by molar-refractivity contribution is 9.10. The second-order valence-electron chi connectivity index (χ2n) is 4.92. The van der Waals surface area contributed by atoms with Crippen LogP contribution in [0, 0.1) is 6.92 Å². The van der Waals surface area contributed by atoms with E-state index in [-0.39, 0.29) is 18.1 Å². The van der Waals surface area contributed by atoms with Crippen LogP contribution in [-0.4, -0.2) is 42.0 Å². The Morgan fingerprint density at radius 1 is 1.53 bits per heavy atom. The Hall–Kier alpha value is -0.580. The van der Waals surface area contributed by atoms with Gasteiger partial charge in [-0.25, -0.2) is 0 Å². The molecule has 19 heavy (non-hydrogen) atoms. The molecule has 0 bridgehead atoms. The van der Waals surface area contributed by atoms with E-state index in [1.807, 2.05) is 36.9 Å². The molecule has 1 saturated heterocycles. The number of carbonyl (C=O) groups excluding carboxylic acids is 1. The molecule has 104 valence electrons. The molecule has 3 nitrogen and oxygen atoms in total. The minimum atomic E-state index is -0.0846. The van der Waals surface area contributed by atoms with Crippen LogP contribution in [0.15, 0.2) is 22.7 Å². The normalized spacial score (nSPS) is 23.5. The molecular formula is C14H17BrClNO2. The number of morpholine rings is 1. The molecule has 1 aromatic rings. The minimum absolute atomic E-state index is 0.0191. The van der Waals surface area contributed by atoms with Crippen LogP contribution in [0.1, 0.15) is 22.8 Å². The highest BCUT2D eigenvalue weighted by Gasteiger charge is 2.29. The number of hydrogen-bond donors (Lipinski definition) is 0. The van der Waals surface area contributed by atoms with Gasteiger partial charge in [-0.1, -0.05) is 6.07 Å². The van der Waals surface area contributed by atoms with Gasteiger partial charge in [0.15, 0.2) is 0 Å². The van der Waals surface area contributed by atoms with E-state index in [1.54, 1.807) is 0 Å². The smallest absolute Gasteiger partial charge is 0.255 e. The molecule has 5 heteroatoms. The van der Waals surface area contributed by atoms with E-state index in [2.05, 4.69) is 15.9 Å². The number of amides is 1. The third-order valence-corrected chi connectivity index (χ3v) is 4.14. The molecule has 0 spiro atoms. The summed E-state index contributed by atoms with van der Waals surface area (Å²) in [5.41, 5.74) is 1.81. The summed E-state index contributed by atoms with van der Waals surface area (Å²) >= 11 is 9.30. The van der Waals surface area contributed by atoms with Crippen LogP contribution in [0.3, 0.4) is 0 Å². The predicted octanol–water partition coefficient (Wildman–Crippen LogP) is 3.23. The van der Waals surface area contributed by atoms with Crippen LogP contribution in [0.25, 0.3) is 0 Å².